The minimum atomic E-state index is -0.130. The van der Waals surface area contributed by atoms with E-state index in [0.717, 1.165) is 52.3 Å². The summed E-state index contributed by atoms with van der Waals surface area (Å²) in [4.78, 5) is 17.1. The van der Waals surface area contributed by atoms with Crippen molar-refractivity contribution in [2.45, 2.75) is 33.2 Å². The van der Waals surface area contributed by atoms with Crippen LogP contribution in [0.3, 0.4) is 0 Å². The summed E-state index contributed by atoms with van der Waals surface area (Å²) in [5, 5.41) is 2.95. The first-order valence-corrected chi connectivity index (χ1v) is 12.2. The molecular formula is C29H33N3O4. The fourth-order valence-corrected chi connectivity index (χ4v) is 4.08. The van der Waals surface area contributed by atoms with Gasteiger partial charge in [0.15, 0.2) is 18.1 Å². The fraction of sp³-hybridized carbons (Fsp3) is 0.310. The molecule has 1 N–H and O–H groups in total. The molecule has 0 aliphatic rings. The van der Waals surface area contributed by atoms with E-state index in [2.05, 4.69) is 16.0 Å². The SMILES string of the molecule is COc1ccccc1OCCn1c(CCCNC(=O)COc2cc(C)ccc2C)nc2ccccc21. The van der Waals surface area contributed by atoms with Crippen LogP contribution in [0.15, 0.2) is 66.7 Å². The first kappa shape index (κ1) is 25.1. The molecule has 0 saturated carbocycles. The molecular weight excluding hydrogens is 454 g/mol. The van der Waals surface area contributed by atoms with Crippen LogP contribution in [0, 0.1) is 13.8 Å². The molecule has 0 saturated heterocycles. The highest BCUT2D eigenvalue weighted by atomic mass is 16.5. The number of nitrogens with one attached hydrogen (secondary N) is 1. The maximum atomic E-state index is 12.3. The van der Waals surface area contributed by atoms with Crippen molar-refractivity contribution < 1.29 is 19.0 Å². The highest BCUT2D eigenvalue weighted by Crippen LogP contribution is 2.26. The summed E-state index contributed by atoms with van der Waals surface area (Å²) in [6.45, 7) is 5.67. The molecule has 3 aromatic carbocycles. The third kappa shape index (κ3) is 6.36. The molecule has 0 radical (unpaired) electrons. The third-order valence-corrected chi connectivity index (χ3v) is 5.98. The van der Waals surface area contributed by atoms with Crippen LogP contribution in [0.4, 0.5) is 0 Å². The van der Waals surface area contributed by atoms with E-state index in [1.165, 1.54) is 0 Å². The number of fused-ring (bicyclic) bond motifs is 1. The Bertz CT molecular complexity index is 1320. The van der Waals surface area contributed by atoms with E-state index in [1.54, 1.807) is 7.11 Å². The van der Waals surface area contributed by atoms with Crippen molar-refractivity contribution in [1.82, 2.24) is 14.9 Å². The molecule has 0 aliphatic heterocycles. The molecule has 0 aliphatic carbocycles. The van der Waals surface area contributed by atoms with Crippen LogP contribution in [0.1, 0.15) is 23.4 Å². The Labute approximate surface area is 212 Å². The summed E-state index contributed by atoms with van der Waals surface area (Å²) in [5.41, 5.74) is 4.15. The monoisotopic (exact) mass is 487 g/mol. The molecule has 0 bridgehead atoms. The first-order chi connectivity index (χ1) is 17.5. The van der Waals surface area contributed by atoms with Crippen molar-refractivity contribution >= 4 is 16.9 Å². The van der Waals surface area contributed by atoms with Crippen LogP contribution < -0.4 is 19.5 Å². The number of methoxy groups -OCH3 is 1. The number of para-hydroxylation sites is 4. The second kappa shape index (κ2) is 12.1. The highest BCUT2D eigenvalue weighted by Gasteiger charge is 2.12. The molecule has 36 heavy (non-hydrogen) atoms. The molecule has 0 unspecified atom stereocenters. The van der Waals surface area contributed by atoms with Crippen molar-refractivity contribution in [3.63, 3.8) is 0 Å². The Hall–Kier alpha value is -4.00. The van der Waals surface area contributed by atoms with E-state index in [0.29, 0.717) is 25.4 Å². The van der Waals surface area contributed by atoms with Gasteiger partial charge in [0.05, 0.1) is 24.7 Å². The van der Waals surface area contributed by atoms with Gasteiger partial charge in [-0.15, -0.1) is 0 Å². The van der Waals surface area contributed by atoms with Gasteiger partial charge < -0.3 is 24.1 Å². The van der Waals surface area contributed by atoms with Crippen LogP contribution in [0.25, 0.3) is 11.0 Å². The zero-order chi connectivity index (χ0) is 25.3. The van der Waals surface area contributed by atoms with Crippen LogP contribution in [-0.2, 0) is 17.8 Å². The summed E-state index contributed by atoms with van der Waals surface area (Å²) in [6.07, 6.45) is 1.51. The quantitative estimate of drug-likeness (QED) is 0.289. The zero-order valence-corrected chi connectivity index (χ0v) is 21.1. The summed E-state index contributed by atoms with van der Waals surface area (Å²) < 4.78 is 19.3. The molecule has 188 valence electrons. The van der Waals surface area contributed by atoms with Gasteiger partial charge in [0.2, 0.25) is 0 Å². The van der Waals surface area contributed by atoms with Crippen LogP contribution in [0.2, 0.25) is 0 Å². The molecule has 0 fully saturated rings. The lowest BCUT2D eigenvalue weighted by molar-refractivity contribution is -0.123. The smallest absolute Gasteiger partial charge is 0.257 e. The van der Waals surface area contributed by atoms with E-state index in [9.17, 15) is 4.79 Å². The molecule has 4 aromatic rings. The van der Waals surface area contributed by atoms with Gasteiger partial charge in [0.1, 0.15) is 18.2 Å². The Kier molecular flexibility index (Phi) is 8.44. The van der Waals surface area contributed by atoms with Crippen molar-refractivity contribution in [2.75, 3.05) is 26.9 Å². The van der Waals surface area contributed by atoms with Gasteiger partial charge in [-0.25, -0.2) is 4.98 Å². The number of rotatable bonds is 12. The summed E-state index contributed by atoms with van der Waals surface area (Å²) >= 11 is 0. The minimum Gasteiger partial charge on any atom is -0.493 e. The predicted molar refractivity (Wildman–Crippen MR) is 141 cm³/mol. The lowest BCUT2D eigenvalue weighted by Gasteiger charge is -2.13. The average molecular weight is 488 g/mol. The fourth-order valence-electron chi connectivity index (χ4n) is 4.08. The highest BCUT2D eigenvalue weighted by molar-refractivity contribution is 5.77. The van der Waals surface area contributed by atoms with Crippen LogP contribution in [-0.4, -0.2) is 42.3 Å². The number of aromatic nitrogens is 2. The van der Waals surface area contributed by atoms with Gasteiger partial charge in [0, 0.05) is 13.0 Å². The lowest BCUT2D eigenvalue weighted by atomic mass is 10.1. The Balaban J connectivity index is 1.30. The lowest BCUT2D eigenvalue weighted by Crippen LogP contribution is -2.30. The van der Waals surface area contributed by atoms with E-state index < -0.39 is 0 Å². The van der Waals surface area contributed by atoms with Gasteiger partial charge >= 0.3 is 0 Å². The predicted octanol–water partition coefficient (Wildman–Crippen LogP) is 4.87. The molecule has 4 rings (SSSR count). The Morgan fingerprint density at radius 2 is 1.72 bits per heavy atom. The van der Waals surface area contributed by atoms with E-state index >= 15 is 0 Å². The maximum absolute atomic E-state index is 12.3. The van der Waals surface area contributed by atoms with Crippen molar-refractivity contribution in [3.05, 3.63) is 83.7 Å². The number of carbonyl (C=O) groups is 1. The molecule has 0 atom stereocenters. The van der Waals surface area contributed by atoms with Crippen molar-refractivity contribution in [2.24, 2.45) is 0 Å². The van der Waals surface area contributed by atoms with Gasteiger partial charge in [0.25, 0.3) is 5.91 Å². The van der Waals surface area contributed by atoms with E-state index in [4.69, 9.17) is 19.2 Å². The number of carbonyl (C=O) groups excluding carboxylic acids is 1. The number of nitrogens with zero attached hydrogens (tertiary/aromatic N) is 2. The minimum absolute atomic E-state index is 0.00307. The normalized spacial score (nSPS) is 10.9. The number of amides is 1. The number of aryl methyl sites for hydroxylation is 3. The van der Waals surface area contributed by atoms with Crippen molar-refractivity contribution in [3.8, 4) is 17.2 Å². The summed E-state index contributed by atoms with van der Waals surface area (Å²) in [7, 11) is 1.64. The Morgan fingerprint density at radius 1 is 0.944 bits per heavy atom. The number of ether oxygens (including phenoxy) is 3. The molecule has 1 aromatic heterocycles. The molecule has 0 spiro atoms. The number of imidazole rings is 1. The number of hydrogen-bond donors (Lipinski definition) is 1. The Morgan fingerprint density at radius 3 is 2.56 bits per heavy atom. The second-order valence-electron chi connectivity index (χ2n) is 8.68. The topological polar surface area (TPSA) is 74.6 Å². The largest absolute Gasteiger partial charge is 0.493 e. The third-order valence-electron chi connectivity index (χ3n) is 5.98. The molecule has 1 heterocycles. The summed E-state index contributed by atoms with van der Waals surface area (Å²) in [5.74, 6) is 3.02. The number of benzene rings is 3. The first-order valence-electron chi connectivity index (χ1n) is 12.2. The van der Waals surface area contributed by atoms with Crippen molar-refractivity contribution in [1.29, 1.82) is 0 Å². The van der Waals surface area contributed by atoms with Crippen LogP contribution in [0.5, 0.6) is 17.2 Å². The maximum Gasteiger partial charge on any atom is 0.257 e. The van der Waals surface area contributed by atoms with Gasteiger partial charge in [-0.1, -0.05) is 36.4 Å². The van der Waals surface area contributed by atoms with Gasteiger partial charge in [-0.2, -0.15) is 0 Å². The van der Waals surface area contributed by atoms with Crippen LogP contribution >= 0.6 is 0 Å². The van der Waals surface area contributed by atoms with E-state index in [1.807, 2.05) is 74.5 Å². The number of hydrogen-bond acceptors (Lipinski definition) is 5. The second-order valence-corrected chi connectivity index (χ2v) is 8.68. The summed E-state index contributed by atoms with van der Waals surface area (Å²) in [6, 6.07) is 21.7. The van der Waals surface area contributed by atoms with Gasteiger partial charge in [-0.3, -0.25) is 4.79 Å². The standard InChI is InChI=1S/C29H33N3O4/c1-21-14-15-22(2)27(19-21)36-20-29(33)30-16-8-13-28-31-23-9-4-5-10-24(23)32(28)17-18-35-26-12-7-6-11-25(26)34-3/h4-7,9-12,14-15,19H,8,13,16-18,20H2,1-3H3,(H,30,33). The average Bonchev–Trinajstić information content (AvgIpc) is 3.24. The molecule has 7 nitrogen and oxygen atoms in total. The molecule has 7 heteroatoms. The van der Waals surface area contributed by atoms with E-state index in [-0.39, 0.29) is 12.5 Å². The molecule has 1 amide bonds. The zero-order valence-electron chi connectivity index (χ0n) is 21.1. The van der Waals surface area contributed by atoms with Gasteiger partial charge in [-0.05, 0) is 61.7 Å².